The van der Waals surface area contributed by atoms with Crippen LogP contribution in [0.3, 0.4) is 0 Å². The molecule has 2 aromatic carbocycles. The standard InChI is InChI=1S/C21H17N3O3S/c1-2-24-19(25)18(11-14-12-22-17-9-4-3-8-16(14)17)28-21(24)23-15-7-5-6-13(10-15)20(26)27/h3-12,25H,2H2,1H3,(H,26,27). The molecule has 7 heteroatoms. The summed E-state index contributed by atoms with van der Waals surface area (Å²) in [6, 6.07) is 14.3. The Morgan fingerprint density at radius 3 is 2.86 bits per heavy atom. The number of fused-ring (bicyclic) bond motifs is 1. The predicted molar refractivity (Wildman–Crippen MR) is 111 cm³/mol. The van der Waals surface area contributed by atoms with Crippen molar-refractivity contribution in [3.05, 3.63) is 69.3 Å². The third kappa shape index (κ3) is 3.27. The second-order valence-corrected chi connectivity index (χ2v) is 7.17. The van der Waals surface area contributed by atoms with Gasteiger partial charge in [-0.3, -0.25) is 9.56 Å². The number of allylic oxidation sites excluding steroid dienone is 1. The zero-order chi connectivity index (χ0) is 19.7. The number of para-hydroxylation sites is 1. The number of aromatic carboxylic acids is 1. The van der Waals surface area contributed by atoms with Crippen molar-refractivity contribution in [1.82, 2.24) is 4.57 Å². The van der Waals surface area contributed by atoms with E-state index in [0.29, 0.717) is 21.9 Å². The zero-order valence-corrected chi connectivity index (χ0v) is 15.8. The Hall–Kier alpha value is -3.45. The van der Waals surface area contributed by atoms with E-state index in [2.05, 4.69) is 9.98 Å². The average molecular weight is 391 g/mol. The van der Waals surface area contributed by atoms with Crippen LogP contribution < -0.4 is 4.80 Å². The van der Waals surface area contributed by atoms with Crippen molar-refractivity contribution in [1.29, 1.82) is 0 Å². The third-order valence-electron chi connectivity index (χ3n) is 4.39. The number of aliphatic imine (C=N–C) groups is 1. The van der Waals surface area contributed by atoms with E-state index >= 15 is 0 Å². The first-order valence-corrected chi connectivity index (χ1v) is 9.54. The van der Waals surface area contributed by atoms with E-state index < -0.39 is 5.97 Å². The number of hydrogen-bond acceptors (Lipinski definition) is 5. The van der Waals surface area contributed by atoms with Crippen molar-refractivity contribution in [3.63, 3.8) is 0 Å². The van der Waals surface area contributed by atoms with Crippen LogP contribution in [0.5, 0.6) is 5.88 Å². The Morgan fingerprint density at radius 2 is 2.07 bits per heavy atom. The summed E-state index contributed by atoms with van der Waals surface area (Å²) in [6.45, 7) is 2.45. The SMILES string of the molecule is CCn1c(O)c(C=C2C=Nc3ccccc32)sc1=Nc1cccc(C(=O)O)c1. The van der Waals surface area contributed by atoms with Gasteiger partial charge in [0.2, 0.25) is 5.88 Å². The predicted octanol–water partition coefficient (Wildman–Crippen LogP) is 4.46. The third-order valence-corrected chi connectivity index (χ3v) is 5.40. The molecule has 0 unspecified atom stereocenters. The van der Waals surface area contributed by atoms with Gasteiger partial charge in [-0.25, -0.2) is 9.79 Å². The molecule has 2 N–H and O–H groups in total. The van der Waals surface area contributed by atoms with Crippen LogP contribution in [0.25, 0.3) is 11.6 Å². The van der Waals surface area contributed by atoms with Gasteiger partial charge in [0.25, 0.3) is 0 Å². The molecule has 0 bridgehead atoms. The van der Waals surface area contributed by atoms with E-state index in [1.54, 1.807) is 22.9 Å². The molecule has 4 rings (SSSR count). The van der Waals surface area contributed by atoms with Gasteiger partial charge in [0, 0.05) is 23.9 Å². The number of carbonyl (C=O) groups is 1. The van der Waals surface area contributed by atoms with Gasteiger partial charge in [-0.1, -0.05) is 35.6 Å². The van der Waals surface area contributed by atoms with E-state index in [1.807, 2.05) is 37.3 Å². The van der Waals surface area contributed by atoms with Crippen molar-refractivity contribution in [2.24, 2.45) is 9.98 Å². The van der Waals surface area contributed by atoms with Gasteiger partial charge in [-0.2, -0.15) is 0 Å². The highest BCUT2D eigenvalue weighted by molar-refractivity contribution is 7.10. The van der Waals surface area contributed by atoms with E-state index in [1.165, 1.54) is 23.5 Å². The van der Waals surface area contributed by atoms with Crippen molar-refractivity contribution in [2.75, 3.05) is 0 Å². The fourth-order valence-corrected chi connectivity index (χ4v) is 4.06. The fraction of sp³-hybridized carbons (Fsp3) is 0.0952. The van der Waals surface area contributed by atoms with Gasteiger partial charge in [-0.15, -0.1) is 0 Å². The van der Waals surface area contributed by atoms with Crippen LogP contribution in [-0.4, -0.2) is 27.0 Å². The Kier molecular flexibility index (Phi) is 4.67. The first kappa shape index (κ1) is 17.9. The van der Waals surface area contributed by atoms with Crippen LogP contribution in [0.1, 0.15) is 27.7 Å². The molecule has 0 amide bonds. The second kappa shape index (κ2) is 7.28. The van der Waals surface area contributed by atoms with Crippen molar-refractivity contribution in [2.45, 2.75) is 13.5 Å². The molecule has 0 saturated heterocycles. The number of nitrogens with zero attached hydrogens (tertiary/aromatic N) is 3. The van der Waals surface area contributed by atoms with Crippen LogP contribution in [0, 0.1) is 0 Å². The zero-order valence-electron chi connectivity index (χ0n) is 15.0. The number of thiazole rings is 1. The number of aromatic hydroxyl groups is 1. The molecule has 0 aliphatic carbocycles. The molecule has 0 radical (unpaired) electrons. The Morgan fingerprint density at radius 1 is 1.25 bits per heavy atom. The first-order valence-electron chi connectivity index (χ1n) is 8.72. The summed E-state index contributed by atoms with van der Waals surface area (Å²) >= 11 is 1.34. The number of benzene rings is 2. The highest BCUT2D eigenvalue weighted by atomic mass is 32.1. The van der Waals surface area contributed by atoms with Crippen LogP contribution in [0.2, 0.25) is 0 Å². The maximum Gasteiger partial charge on any atom is 0.335 e. The molecule has 3 aromatic rings. The minimum absolute atomic E-state index is 0.130. The number of carboxylic acids is 1. The average Bonchev–Trinajstić information content (AvgIpc) is 3.23. The van der Waals surface area contributed by atoms with Crippen LogP contribution in [-0.2, 0) is 6.54 Å². The highest BCUT2D eigenvalue weighted by Crippen LogP contribution is 2.34. The van der Waals surface area contributed by atoms with Gasteiger partial charge in [0.15, 0.2) is 4.80 Å². The summed E-state index contributed by atoms with van der Waals surface area (Å²) in [5.74, 6) is -0.870. The minimum atomic E-state index is -1.00. The molecule has 0 atom stereocenters. The fourth-order valence-electron chi connectivity index (χ4n) is 3.00. The van der Waals surface area contributed by atoms with E-state index in [-0.39, 0.29) is 11.4 Å². The molecule has 28 heavy (non-hydrogen) atoms. The summed E-state index contributed by atoms with van der Waals surface area (Å²) in [4.78, 5) is 21.4. The summed E-state index contributed by atoms with van der Waals surface area (Å²) in [6.07, 6.45) is 3.68. The Balaban J connectivity index is 1.80. The lowest BCUT2D eigenvalue weighted by molar-refractivity contribution is 0.0697. The van der Waals surface area contributed by atoms with Gasteiger partial charge >= 0.3 is 5.97 Å². The molecule has 1 aromatic heterocycles. The van der Waals surface area contributed by atoms with Crippen molar-refractivity contribution >= 4 is 46.5 Å². The molecule has 0 spiro atoms. The monoisotopic (exact) mass is 391 g/mol. The van der Waals surface area contributed by atoms with Gasteiger partial charge in [0.1, 0.15) is 0 Å². The van der Waals surface area contributed by atoms with E-state index in [9.17, 15) is 9.90 Å². The lowest BCUT2D eigenvalue weighted by Crippen LogP contribution is -2.12. The molecular weight excluding hydrogens is 374 g/mol. The second-order valence-electron chi connectivity index (χ2n) is 6.16. The van der Waals surface area contributed by atoms with Crippen LogP contribution in [0.15, 0.2) is 58.5 Å². The highest BCUT2D eigenvalue weighted by Gasteiger charge is 2.15. The number of rotatable bonds is 4. The molecule has 140 valence electrons. The summed E-state index contributed by atoms with van der Waals surface area (Å²) in [5, 5.41) is 19.8. The maximum absolute atomic E-state index is 11.2. The van der Waals surface area contributed by atoms with Gasteiger partial charge in [0.05, 0.1) is 21.8 Å². The Bertz CT molecular complexity index is 1200. The quantitative estimate of drug-likeness (QED) is 0.688. The summed E-state index contributed by atoms with van der Waals surface area (Å²) < 4.78 is 1.70. The minimum Gasteiger partial charge on any atom is -0.493 e. The smallest absolute Gasteiger partial charge is 0.335 e. The molecule has 0 fully saturated rings. The molecule has 6 nitrogen and oxygen atoms in total. The number of hydrogen-bond donors (Lipinski definition) is 2. The van der Waals surface area contributed by atoms with Crippen LogP contribution in [0.4, 0.5) is 11.4 Å². The maximum atomic E-state index is 11.2. The summed E-state index contributed by atoms with van der Waals surface area (Å²) in [7, 11) is 0. The van der Waals surface area contributed by atoms with Gasteiger partial charge < -0.3 is 10.2 Å². The Labute approximate surface area is 165 Å². The molecule has 1 aliphatic heterocycles. The van der Waals surface area contributed by atoms with E-state index in [4.69, 9.17) is 5.11 Å². The van der Waals surface area contributed by atoms with Crippen molar-refractivity contribution in [3.8, 4) is 5.88 Å². The first-order chi connectivity index (χ1) is 13.6. The number of carboxylic acid groups (broad SMARTS) is 1. The van der Waals surface area contributed by atoms with Crippen molar-refractivity contribution < 1.29 is 15.0 Å². The summed E-state index contributed by atoms with van der Waals surface area (Å²) in [5.41, 5.74) is 3.55. The largest absolute Gasteiger partial charge is 0.493 e. The molecule has 2 heterocycles. The molecule has 0 saturated carbocycles. The van der Waals surface area contributed by atoms with Gasteiger partial charge in [-0.05, 0) is 37.3 Å². The van der Waals surface area contributed by atoms with Crippen LogP contribution >= 0.6 is 11.3 Å². The molecule has 1 aliphatic rings. The number of aromatic nitrogens is 1. The lowest BCUT2D eigenvalue weighted by Gasteiger charge is -2.01. The van der Waals surface area contributed by atoms with E-state index in [0.717, 1.165) is 16.8 Å². The normalized spacial score (nSPS) is 14.6. The topological polar surface area (TPSA) is 87.2 Å². The lowest BCUT2D eigenvalue weighted by atomic mass is 10.1. The molecular formula is C21H17N3O3S.